The van der Waals surface area contributed by atoms with Gasteiger partial charge in [0.15, 0.2) is 0 Å². The summed E-state index contributed by atoms with van der Waals surface area (Å²) in [6.45, 7) is 4.92. The van der Waals surface area contributed by atoms with Crippen LogP contribution < -0.4 is 11.1 Å². The van der Waals surface area contributed by atoms with Crippen molar-refractivity contribution in [2.24, 2.45) is 11.7 Å². The molecular weight excluding hydrogens is 314 g/mol. The summed E-state index contributed by atoms with van der Waals surface area (Å²) < 4.78 is 0. The lowest BCUT2D eigenvalue weighted by Crippen LogP contribution is -2.45. The van der Waals surface area contributed by atoms with Crippen molar-refractivity contribution in [3.05, 3.63) is 0 Å². The number of nitrogens with one attached hydrogen (secondary N) is 1. The maximum Gasteiger partial charge on any atom is 0.234 e. The number of rotatable bonds is 14. The monoisotopic (exact) mass is 353 g/mol. The van der Waals surface area contributed by atoms with Crippen molar-refractivity contribution >= 4 is 11.8 Å². The number of likely N-dealkylation sites (tertiary alicyclic amines) is 1. The maximum absolute atomic E-state index is 12.0. The van der Waals surface area contributed by atoms with E-state index >= 15 is 0 Å². The minimum absolute atomic E-state index is 0.0704. The summed E-state index contributed by atoms with van der Waals surface area (Å²) in [6, 6.07) is 0. The Balaban J connectivity index is 1.92. The summed E-state index contributed by atoms with van der Waals surface area (Å²) in [6.07, 6.45) is 14.8. The van der Waals surface area contributed by atoms with E-state index in [1.54, 1.807) is 0 Å². The van der Waals surface area contributed by atoms with E-state index in [2.05, 4.69) is 12.2 Å². The highest BCUT2D eigenvalue weighted by atomic mass is 16.2. The van der Waals surface area contributed by atoms with Crippen LogP contribution in [-0.4, -0.2) is 42.9 Å². The van der Waals surface area contributed by atoms with Crippen LogP contribution in [0.1, 0.15) is 84.0 Å². The van der Waals surface area contributed by atoms with Crippen molar-refractivity contribution < 1.29 is 9.59 Å². The van der Waals surface area contributed by atoms with Gasteiger partial charge in [0.2, 0.25) is 11.8 Å². The molecule has 5 heteroatoms. The molecule has 146 valence electrons. The molecular formula is C20H39N3O2. The predicted molar refractivity (Wildman–Crippen MR) is 103 cm³/mol. The van der Waals surface area contributed by atoms with Gasteiger partial charge in [-0.05, 0) is 25.8 Å². The van der Waals surface area contributed by atoms with Crippen molar-refractivity contribution in [1.29, 1.82) is 0 Å². The highest BCUT2D eigenvalue weighted by molar-refractivity contribution is 5.79. The minimum atomic E-state index is -0.240. The molecule has 0 aromatic carbocycles. The van der Waals surface area contributed by atoms with Gasteiger partial charge in [-0.15, -0.1) is 0 Å². The molecule has 1 aliphatic rings. The van der Waals surface area contributed by atoms with Crippen LogP contribution in [0.2, 0.25) is 0 Å². The fourth-order valence-corrected chi connectivity index (χ4v) is 3.53. The molecule has 0 unspecified atom stereocenters. The molecule has 0 aliphatic carbocycles. The van der Waals surface area contributed by atoms with E-state index in [4.69, 9.17) is 5.73 Å². The van der Waals surface area contributed by atoms with Crippen LogP contribution in [0.15, 0.2) is 0 Å². The Labute approximate surface area is 154 Å². The molecule has 1 rings (SSSR count). The third-order valence-electron chi connectivity index (χ3n) is 5.13. The van der Waals surface area contributed by atoms with Crippen LogP contribution >= 0.6 is 0 Å². The third kappa shape index (κ3) is 11.2. The van der Waals surface area contributed by atoms with Gasteiger partial charge < -0.3 is 11.1 Å². The molecule has 1 saturated heterocycles. The molecule has 0 aromatic heterocycles. The second-order valence-corrected chi connectivity index (χ2v) is 7.51. The van der Waals surface area contributed by atoms with Crippen LogP contribution in [0.4, 0.5) is 0 Å². The number of carbonyl (C=O) groups excluding carboxylic acids is 2. The average Bonchev–Trinajstić information content (AvgIpc) is 2.60. The predicted octanol–water partition coefficient (Wildman–Crippen LogP) is 3.22. The summed E-state index contributed by atoms with van der Waals surface area (Å²) >= 11 is 0. The van der Waals surface area contributed by atoms with Gasteiger partial charge in [0.1, 0.15) is 0 Å². The number of nitrogens with zero attached hydrogens (tertiary/aromatic N) is 1. The van der Waals surface area contributed by atoms with Crippen molar-refractivity contribution in [3.8, 4) is 0 Å². The molecule has 3 N–H and O–H groups in total. The molecule has 1 aliphatic heterocycles. The largest absolute Gasteiger partial charge is 0.369 e. The zero-order valence-corrected chi connectivity index (χ0v) is 16.2. The van der Waals surface area contributed by atoms with E-state index in [0.717, 1.165) is 32.4 Å². The van der Waals surface area contributed by atoms with Crippen molar-refractivity contribution in [2.75, 3.05) is 26.2 Å². The van der Waals surface area contributed by atoms with E-state index in [1.165, 1.54) is 57.8 Å². The van der Waals surface area contributed by atoms with Crippen LogP contribution in [0.25, 0.3) is 0 Å². The normalized spacial score (nSPS) is 18.2. The quantitative estimate of drug-likeness (QED) is 0.471. The first-order chi connectivity index (χ1) is 12.1. The van der Waals surface area contributed by atoms with Gasteiger partial charge >= 0.3 is 0 Å². The molecule has 0 radical (unpaired) electrons. The number of hydrogen-bond donors (Lipinski definition) is 2. The van der Waals surface area contributed by atoms with Crippen molar-refractivity contribution in [1.82, 2.24) is 10.2 Å². The third-order valence-corrected chi connectivity index (χ3v) is 5.13. The molecule has 25 heavy (non-hydrogen) atoms. The number of piperidine rings is 1. The van der Waals surface area contributed by atoms with Gasteiger partial charge in [-0.3, -0.25) is 14.5 Å². The second kappa shape index (κ2) is 14.1. The van der Waals surface area contributed by atoms with E-state index in [1.807, 2.05) is 4.90 Å². The first kappa shape index (κ1) is 21.9. The molecule has 1 heterocycles. The van der Waals surface area contributed by atoms with Gasteiger partial charge in [0.05, 0.1) is 12.5 Å². The number of unbranched alkanes of at least 4 members (excludes halogenated alkanes) is 9. The fraction of sp³-hybridized carbons (Fsp3) is 0.900. The fourth-order valence-electron chi connectivity index (χ4n) is 3.53. The lowest BCUT2D eigenvalue weighted by molar-refractivity contribution is -0.126. The molecule has 0 aromatic rings. The first-order valence-electron chi connectivity index (χ1n) is 10.4. The summed E-state index contributed by atoms with van der Waals surface area (Å²) in [4.78, 5) is 25.3. The smallest absolute Gasteiger partial charge is 0.234 e. The van der Waals surface area contributed by atoms with Gasteiger partial charge in [0, 0.05) is 13.1 Å². The number of primary amides is 1. The zero-order chi connectivity index (χ0) is 18.3. The van der Waals surface area contributed by atoms with Crippen molar-refractivity contribution in [2.45, 2.75) is 84.0 Å². The lowest BCUT2D eigenvalue weighted by atomic mass is 9.97. The first-order valence-corrected chi connectivity index (χ1v) is 10.4. The summed E-state index contributed by atoms with van der Waals surface area (Å²) in [5.41, 5.74) is 5.37. The van der Waals surface area contributed by atoms with Crippen LogP contribution in [-0.2, 0) is 9.59 Å². The summed E-state index contributed by atoms with van der Waals surface area (Å²) in [5, 5.41) is 3.00. The number of amides is 2. The second-order valence-electron chi connectivity index (χ2n) is 7.51. The highest BCUT2D eigenvalue weighted by Gasteiger charge is 2.24. The van der Waals surface area contributed by atoms with Crippen LogP contribution in [0, 0.1) is 5.92 Å². The number of carbonyl (C=O) groups is 2. The van der Waals surface area contributed by atoms with Gasteiger partial charge in [-0.25, -0.2) is 0 Å². The summed E-state index contributed by atoms with van der Waals surface area (Å²) in [7, 11) is 0. The Morgan fingerprint density at radius 3 is 2.20 bits per heavy atom. The Kier molecular flexibility index (Phi) is 12.4. The number of nitrogens with two attached hydrogens (primary N) is 1. The topological polar surface area (TPSA) is 75.4 Å². The lowest BCUT2D eigenvalue weighted by Gasteiger charge is -2.30. The van der Waals surface area contributed by atoms with E-state index in [9.17, 15) is 9.59 Å². The minimum Gasteiger partial charge on any atom is -0.369 e. The van der Waals surface area contributed by atoms with Crippen molar-refractivity contribution in [3.63, 3.8) is 0 Å². The molecule has 1 atom stereocenters. The van der Waals surface area contributed by atoms with Gasteiger partial charge in [0.25, 0.3) is 0 Å². The molecule has 0 saturated carbocycles. The SMILES string of the molecule is CCCCCCCCCCCCNC(=O)CN1CCC[C@H](C(N)=O)C1. The van der Waals surface area contributed by atoms with E-state index in [0.29, 0.717) is 13.1 Å². The van der Waals surface area contributed by atoms with Gasteiger partial charge in [-0.1, -0.05) is 64.7 Å². The zero-order valence-electron chi connectivity index (χ0n) is 16.2. The molecule has 0 bridgehead atoms. The Morgan fingerprint density at radius 2 is 1.60 bits per heavy atom. The molecule has 0 spiro atoms. The summed E-state index contributed by atoms with van der Waals surface area (Å²) in [5.74, 6) is -0.264. The van der Waals surface area contributed by atoms with Crippen LogP contribution in [0.5, 0.6) is 0 Å². The maximum atomic E-state index is 12.0. The Hall–Kier alpha value is -1.10. The number of hydrogen-bond acceptors (Lipinski definition) is 3. The molecule has 2 amide bonds. The Morgan fingerprint density at radius 1 is 1.00 bits per heavy atom. The molecule has 5 nitrogen and oxygen atoms in total. The average molecular weight is 354 g/mol. The standard InChI is InChI=1S/C20H39N3O2/c1-2-3-4-5-6-7-8-9-10-11-14-22-19(24)17-23-15-12-13-18(16-23)20(21)25/h18H,2-17H2,1H3,(H2,21,25)(H,22,24)/t18-/m0/s1. The highest BCUT2D eigenvalue weighted by Crippen LogP contribution is 2.15. The Bertz CT molecular complexity index is 374. The van der Waals surface area contributed by atoms with Gasteiger partial charge in [-0.2, -0.15) is 0 Å². The van der Waals surface area contributed by atoms with Crippen LogP contribution in [0.3, 0.4) is 0 Å². The molecule has 1 fully saturated rings. The van der Waals surface area contributed by atoms with E-state index in [-0.39, 0.29) is 17.7 Å². The van der Waals surface area contributed by atoms with E-state index < -0.39 is 0 Å².